The average Bonchev–Trinajstić information content (AvgIpc) is 2.62. The number of carboxylic acid groups (broad SMARTS) is 1. The Balaban J connectivity index is 2.21. The Hall–Kier alpha value is -2.95. The van der Waals surface area contributed by atoms with Crippen molar-refractivity contribution in [3.05, 3.63) is 77.1 Å². The van der Waals surface area contributed by atoms with Crippen LogP contribution >= 0.6 is 0 Å². The second-order valence-electron chi connectivity index (χ2n) is 5.93. The lowest BCUT2D eigenvalue weighted by Gasteiger charge is -2.10. The summed E-state index contributed by atoms with van der Waals surface area (Å²) in [6, 6.07) is 14.3. The number of nitrogens with one attached hydrogen (secondary N) is 1. The van der Waals surface area contributed by atoms with E-state index in [0.29, 0.717) is 25.8 Å². The molecule has 5 heteroatoms. The fourth-order valence-corrected chi connectivity index (χ4v) is 2.68. The van der Waals surface area contributed by atoms with E-state index in [1.165, 1.54) is 12.1 Å². The van der Waals surface area contributed by atoms with Crippen LogP contribution in [0.25, 0.3) is 5.57 Å². The number of hydrogen-bond acceptors (Lipinski definition) is 2. The minimum atomic E-state index is -0.820. The number of rotatable bonds is 10. The molecule has 0 fully saturated rings. The topological polar surface area (TPSA) is 66.4 Å². The van der Waals surface area contributed by atoms with E-state index in [9.17, 15) is 14.0 Å². The average molecular weight is 355 g/mol. The third-order valence-corrected chi connectivity index (χ3v) is 3.99. The lowest BCUT2D eigenvalue weighted by atomic mass is 9.95. The number of halogens is 1. The van der Waals surface area contributed by atoms with Gasteiger partial charge in [-0.2, -0.15) is 0 Å². The van der Waals surface area contributed by atoms with Gasteiger partial charge in [0.2, 0.25) is 6.41 Å². The molecule has 0 saturated carbocycles. The van der Waals surface area contributed by atoms with Gasteiger partial charge in [0.1, 0.15) is 5.82 Å². The fraction of sp³-hybridized carbons (Fsp3) is 0.238. The number of carbonyl (C=O) groups excluding carboxylic acids is 1. The van der Waals surface area contributed by atoms with E-state index in [2.05, 4.69) is 5.32 Å². The van der Waals surface area contributed by atoms with Gasteiger partial charge in [-0.1, -0.05) is 42.5 Å². The van der Waals surface area contributed by atoms with E-state index in [4.69, 9.17) is 5.11 Å². The Labute approximate surface area is 152 Å². The lowest BCUT2D eigenvalue weighted by Crippen LogP contribution is -2.14. The molecule has 1 amide bonds. The normalized spacial score (nSPS) is 11.2. The van der Waals surface area contributed by atoms with Crippen molar-refractivity contribution >= 4 is 18.0 Å². The number of hydrogen-bond donors (Lipinski definition) is 2. The van der Waals surface area contributed by atoms with Gasteiger partial charge in [-0.25, -0.2) is 4.39 Å². The van der Waals surface area contributed by atoms with Crippen LogP contribution in [0.4, 0.5) is 4.39 Å². The Morgan fingerprint density at radius 3 is 2.54 bits per heavy atom. The van der Waals surface area contributed by atoms with Crippen molar-refractivity contribution in [3.63, 3.8) is 0 Å². The van der Waals surface area contributed by atoms with Gasteiger partial charge in [0.25, 0.3) is 0 Å². The summed E-state index contributed by atoms with van der Waals surface area (Å²) in [7, 11) is 0. The van der Waals surface area contributed by atoms with Gasteiger partial charge in [0.05, 0.1) is 0 Å². The summed E-state index contributed by atoms with van der Waals surface area (Å²) in [4.78, 5) is 21.0. The standard InChI is InChI=1S/C21H22FNO3/c22-19-5-3-4-18(14-19)20(6-1-2-7-21(25)26)17-10-8-16(9-11-17)12-13-23-15-24/h3-6,8-11,14-15H,1-2,7,12-13H2,(H,23,24)(H,25,26)/b20-6+. The van der Waals surface area contributed by atoms with Crippen molar-refractivity contribution in [2.24, 2.45) is 0 Å². The van der Waals surface area contributed by atoms with Gasteiger partial charge in [-0.15, -0.1) is 0 Å². The van der Waals surface area contributed by atoms with Crippen LogP contribution in [0.3, 0.4) is 0 Å². The second kappa shape index (κ2) is 10.1. The van der Waals surface area contributed by atoms with E-state index < -0.39 is 5.97 Å². The molecule has 0 spiro atoms. The van der Waals surface area contributed by atoms with Gasteiger partial charge in [0.15, 0.2) is 0 Å². The summed E-state index contributed by atoms with van der Waals surface area (Å²) in [6.45, 7) is 0.574. The molecule has 0 aliphatic heterocycles. The zero-order valence-corrected chi connectivity index (χ0v) is 14.5. The van der Waals surface area contributed by atoms with Crippen molar-refractivity contribution < 1.29 is 19.1 Å². The summed E-state index contributed by atoms with van der Waals surface area (Å²) in [5.74, 6) is -1.13. The molecule has 0 aromatic heterocycles. The van der Waals surface area contributed by atoms with Gasteiger partial charge < -0.3 is 10.4 Å². The van der Waals surface area contributed by atoms with Crippen molar-refractivity contribution in [2.75, 3.05) is 6.54 Å². The number of aliphatic carboxylic acids is 1. The largest absolute Gasteiger partial charge is 0.481 e. The SMILES string of the molecule is O=CNCCc1ccc(/C(=C\CCCC(=O)O)c2cccc(F)c2)cc1. The zero-order chi connectivity index (χ0) is 18.8. The number of benzene rings is 2. The molecule has 26 heavy (non-hydrogen) atoms. The van der Waals surface area contributed by atoms with Crippen molar-refractivity contribution in [3.8, 4) is 0 Å². The minimum Gasteiger partial charge on any atom is -0.481 e. The maximum absolute atomic E-state index is 13.6. The van der Waals surface area contributed by atoms with Crippen LogP contribution in [-0.2, 0) is 16.0 Å². The van der Waals surface area contributed by atoms with E-state index >= 15 is 0 Å². The molecular formula is C21H22FNO3. The smallest absolute Gasteiger partial charge is 0.303 e. The molecule has 2 aromatic rings. The summed E-state index contributed by atoms with van der Waals surface area (Å²) >= 11 is 0. The Kier molecular flexibility index (Phi) is 7.55. The number of unbranched alkanes of at least 4 members (excludes halogenated alkanes) is 1. The lowest BCUT2D eigenvalue weighted by molar-refractivity contribution is -0.137. The molecule has 2 rings (SSSR count). The van der Waals surface area contributed by atoms with Crippen LogP contribution in [0.5, 0.6) is 0 Å². The Bertz CT molecular complexity index is 769. The second-order valence-corrected chi connectivity index (χ2v) is 5.93. The first kappa shape index (κ1) is 19.4. The molecule has 0 heterocycles. The van der Waals surface area contributed by atoms with Gasteiger partial charge in [0, 0.05) is 13.0 Å². The monoisotopic (exact) mass is 355 g/mol. The number of amides is 1. The highest BCUT2D eigenvalue weighted by molar-refractivity contribution is 5.79. The molecule has 0 bridgehead atoms. The third kappa shape index (κ3) is 6.16. The highest BCUT2D eigenvalue weighted by Gasteiger charge is 2.07. The Morgan fingerprint density at radius 2 is 1.88 bits per heavy atom. The molecular weight excluding hydrogens is 333 g/mol. The van der Waals surface area contributed by atoms with Crippen LogP contribution in [0.2, 0.25) is 0 Å². The van der Waals surface area contributed by atoms with Crippen LogP contribution in [0, 0.1) is 5.82 Å². The molecule has 136 valence electrons. The highest BCUT2D eigenvalue weighted by Crippen LogP contribution is 2.25. The first-order valence-corrected chi connectivity index (χ1v) is 8.54. The van der Waals surface area contributed by atoms with E-state index in [1.807, 2.05) is 36.4 Å². The maximum atomic E-state index is 13.6. The highest BCUT2D eigenvalue weighted by atomic mass is 19.1. The van der Waals surface area contributed by atoms with Crippen LogP contribution < -0.4 is 5.32 Å². The predicted octanol–water partition coefficient (Wildman–Crippen LogP) is 3.80. The Morgan fingerprint density at radius 1 is 1.12 bits per heavy atom. The molecule has 0 atom stereocenters. The molecule has 0 aliphatic rings. The number of carboxylic acids is 1. The van der Waals surface area contributed by atoms with E-state index in [1.54, 1.807) is 6.07 Å². The van der Waals surface area contributed by atoms with Crippen molar-refractivity contribution in [2.45, 2.75) is 25.7 Å². The third-order valence-electron chi connectivity index (χ3n) is 3.99. The summed E-state index contributed by atoms with van der Waals surface area (Å²) in [5, 5.41) is 11.4. The molecule has 0 radical (unpaired) electrons. The number of allylic oxidation sites excluding steroid dienone is 1. The van der Waals surface area contributed by atoms with Gasteiger partial charge in [-0.05, 0) is 53.7 Å². The van der Waals surface area contributed by atoms with Crippen molar-refractivity contribution in [1.29, 1.82) is 0 Å². The first-order chi connectivity index (χ1) is 12.6. The molecule has 2 aromatic carbocycles. The summed E-state index contributed by atoms with van der Waals surface area (Å²) < 4.78 is 13.6. The van der Waals surface area contributed by atoms with Crippen LogP contribution in [0.1, 0.15) is 36.0 Å². The van der Waals surface area contributed by atoms with Gasteiger partial charge >= 0.3 is 5.97 Å². The molecule has 4 nitrogen and oxygen atoms in total. The van der Waals surface area contributed by atoms with Gasteiger partial charge in [-0.3, -0.25) is 9.59 Å². The molecule has 2 N–H and O–H groups in total. The quantitative estimate of drug-likeness (QED) is 0.503. The first-order valence-electron chi connectivity index (χ1n) is 8.54. The van der Waals surface area contributed by atoms with Crippen LogP contribution in [0.15, 0.2) is 54.6 Å². The molecule has 0 aliphatic carbocycles. The minimum absolute atomic E-state index is 0.107. The molecule has 0 saturated heterocycles. The fourth-order valence-electron chi connectivity index (χ4n) is 2.68. The van der Waals surface area contributed by atoms with Crippen LogP contribution in [-0.4, -0.2) is 24.0 Å². The van der Waals surface area contributed by atoms with E-state index in [0.717, 1.165) is 28.7 Å². The van der Waals surface area contributed by atoms with E-state index in [-0.39, 0.29) is 12.2 Å². The number of carbonyl (C=O) groups is 2. The zero-order valence-electron chi connectivity index (χ0n) is 14.5. The summed E-state index contributed by atoms with van der Waals surface area (Å²) in [5.41, 5.74) is 3.67. The van der Waals surface area contributed by atoms with Crippen molar-refractivity contribution in [1.82, 2.24) is 5.32 Å². The predicted molar refractivity (Wildman–Crippen MR) is 99.2 cm³/mol. The summed E-state index contributed by atoms with van der Waals surface area (Å²) in [6.07, 6.45) is 4.61. The maximum Gasteiger partial charge on any atom is 0.303 e. The molecule has 0 unspecified atom stereocenters.